The molecule has 1 N–H and O–H groups in total. The van der Waals surface area contributed by atoms with Gasteiger partial charge in [0.1, 0.15) is 0 Å². The average Bonchev–Trinajstić information content (AvgIpc) is 2.80. The number of amides is 1. The molecule has 0 saturated heterocycles. The highest BCUT2D eigenvalue weighted by Crippen LogP contribution is 2.20. The lowest BCUT2D eigenvalue weighted by molar-refractivity contribution is -0.121. The zero-order chi connectivity index (χ0) is 18.6. The largest absolute Gasteiger partial charge is 0.349 e. The maximum atomic E-state index is 12.6. The van der Waals surface area contributed by atoms with Gasteiger partial charge in [-0.15, -0.1) is 0 Å². The summed E-state index contributed by atoms with van der Waals surface area (Å²) < 4.78 is 3.07. The lowest BCUT2D eigenvalue weighted by Gasteiger charge is -2.18. The normalized spacial score (nSPS) is 12.4. The number of carbonyl (C=O) groups is 1. The molecule has 0 radical (unpaired) electrons. The number of rotatable bonds is 7. The summed E-state index contributed by atoms with van der Waals surface area (Å²) in [7, 11) is 0. The van der Waals surface area contributed by atoms with Gasteiger partial charge in [-0.2, -0.15) is 5.10 Å². The molecule has 1 atom stereocenters. The average molecular weight is 406 g/mol. The second-order valence-corrected chi connectivity index (χ2v) is 7.90. The fraction of sp³-hybridized carbons (Fsp3) is 0.500. The lowest BCUT2D eigenvalue weighted by atomic mass is 10.0. The maximum absolute atomic E-state index is 12.6. The summed E-state index contributed by atoms with van der Waals surface area (Å²) in [6.07, 6.45) is 1.24. The Labute approximate surface area is 159 Å². The molecule has 4 nitrogen and oxygen atoms in total. The first-order chi connectivity index (χ1) is 11.8. The first-order valence-corrected chi connectivity index (χ1v) is 9.68. The van der Waals surface area contributed by atoms with Crippen LogP contribution >= 0.6 is 15.9 Å². The van der Waals surface area contributed by atoms with Gasteiger partial charge in [-0.3, -0.25) is 9.48 Å². The van der Waals surface area contributed by atoms with Crippen molar-refractivity contribution >= 4 is 21.8 Å². The van der Waals surface area contributed by atoms with Crippen LogP contribution in [0.5, 0.6) is 0 Å². The van der Waals surface area contributed by atoms with Crippen LogP contribution in [0.4, 0.5) is 0 Å². The van der Waals surface area contributed by atoms with E-state index in [1.807, 2.05) is 23.7 Å². The molecular formula is C20H28BrN3O. The van der Waals surface area contributed by atoms with E-state index >= 15 is 0 Å². The molecule has 1 unspecified atom stereocenters. The first kappa shape index (κ1) is 19.7. The smallest absolute Gasteiger partial charge is 0.225 e. The molecular weight excluding hydrogens is 378 g/mol. The lowest BCUT2D eigenvalue weighted by Crippen LogP contribution is -2.29. The summed E-state index contributed by atoms with van der Waals surface area (Å²) in [5.41, 5.74) is 4.22. The molecule has 1 heterocycles. The van der Waals surface area contributed by atoms with Gasteiger partial charge in [0.15, 0.2) is 0 Å². The Hall–Kier alpha value is -1.62. The quantitative estimate of drug-likeness (QED) is 0.723. The van der Waals surface area contributed by atoms with Gasteiger partial charge in [-0.05, 0) is 43.9 Å². The number of nitrogens with zero attached hydrogens (tertiary/aromatic N) is 2. The predicted molar refractivity (Wildman–Crippen MR) is 106 cm³/mol. The first-order valence-electron chi connectivity index (χ1n) is 8.89. The Morgan fingerprint density at radius 2 is 1.88 bits per heavy atom. The molecule has 2 aromatic rings. The van der Waals surface area contributed by atoms with E-state index in [4.69, 9.17) is 0 Å². The molecule has 0 saturated carbocycles. The summed E-state index contributed by atoms with van der Waals surface area (Å²) in [4.78, 5) is 12.6. The number of carbonyl (C=O) groups excluding carboxylic acids is 1. The van der Waals surface area contributed by atoms with E-state index in [2.05, 4.69) is 66.2 Å². The molecule has 136 valence electrons. The van der Waals surface area contributed by atoms with Crippen molar-refractivity contribution in [2.45, 2.75) is 60.0 Å². The van der Waals surface area contributed by atoms with E-state index in [0.717, 1.165) is 40.0 Å². The molecule has 0 aliphatic rings. The topological polar surface area (TPSA) is 46.9 Å². The highest BCUT2D eigenvalue weighted by Gasteiger charge is 2.18. The summed E-state index contributed by atoms with van der Waals surface area (Å²) in [6, 6.07) is 8.15. The highest BCUT2D eigenvalue weighted by molar-refractivity contribution is 9.10. The van der Waals surface area contributed by atoms with E-state index in [1.165, 1.54) is 0 Å². The molecule has 0 spiro atoms. The van der Waals surface area contributed by atoms with Gasteiger partial charge in [0, 0.05) is 22.3 Å². The summed E-state index contributed by atoms with van der Waals surface area (Å²) >= 11 is 3.45. The Morgan fingerprint density at radius 1 is 1.24 bits per heavy atom. The molecule has 1 aromatic carbocycles. The summed E-state index contributed by atoms with van der Waals surface area (Å²) in [6.45, 7) is 11.4. The van der Waals surface area contributed by atoms with Gasteiger partial charge in [-0.25, -0.2) is 0 Å². The molecule has 2 rings (SSSR count). The zero-order valence-electron chi connectivity index (χ0n) is 15.8. The van der Waals surface area contributed by atoms with Crippen molar-refractivity contribution in [2.24, 2.45) is 5.92 Å². The Kier molecular flexibility index (Phi) is 6.82. The van der Waals surface area contributed by atoms with Crippen molar-refractivity contribution in [3.05, 3.63) is 51.3 Å². The van der Waals surface area contributed by atoms with Crippen molar-refractivity contribution in [1.82, 2.24) is 15.1 Å². The van der Waals surface area contributed by atoms with Gasteiger partial charge >= 0.3 is 0 Å². The highest BCUT2D eigenvalue weighted by atomic mass is 79.9. The Bertz CT molecular complexity index is 719. The van der Waals surface area contributed by atoms with E-state index in [9.17, 15) is 4.79 Å². The van der Waals surface area contributed by atoms with Crippen LogP contribution in [0.25, 0.3) is 0 Å². The maximum Gasteiger partial charge on any atom is 0.225 e. The minimum Gasteiger partial charge on any atom is -0.349 e. The number of hydrogen-bond acceptors (Lipinski definition) is 2. The zero-order valence-corrected chi connectivity index (χ0v) is 17.4. The van der Waals surface area contributed by atoms with Crippen LogP contribution in [0.15, 0.2) is 28.7 Å². The van der Waals surface area contributed by atoms with Crippen LogP contribution in [-0.2, 0) is 17.8 Å². The second kappa shape index (κ2) is 8.65. The van der Waals surface area contributed by atoms with Crippen LogP contribution < -0.4 is 5.32 Å². The van der Waals surface area contributed by atoms with Crippen molar-refractivity contribution in [2.75, 3.05) is 0 Å². The van der Waals surface area contributed by atoms with Gasteiger partial charge in [0.05, 0.1) is 18.2 Å². The summed E-state index contributed by atoms with van der Waals surface area (Å²) in [5.74, 6) is 0.576. The number of aromatic nitrogens is 2. The predicted octanol–water partition coefficient (Wildman–Crippen LogP) is 4.73. The number of aryl methyl sites for hydroxylation is 1. The molecule has 1 amide bonds. The molecule has 25 heavy (non-hydrogen) atoms. The Morgan fingerprint density at radius 3 is 2.44 bits per heavy atom. The number of nitrogens with one attached hydrogen (secondary N) is 1. The van der Waals surface area contributed by atoms with Gasteiger partial charge in [0.25, 0.3) is 0 Å². The minimum absolute atomic E-state index is 0.0342. The molecule has 0 bridgehead atoms. The van der Waals surface area contributed by atoms with Crippen LogP contribution in [-0.4, -0.2) is 15.7 Å². The number of benzene rings is 1. The molecule has 0 aliphatic carbocycles. The van der Waals surface area contributed by atoms with Gasteiger partial charge in [0.2, 0.25) is 5.91 Å². The van der Waals surface area contributed by atoms with Crippen molar-refractivity contribution in [3.63, 3.8) is 0 Å². The van der Waals surface area contributed by atoms with Crippen molar-refractivity contribution in [1.29, 1.82) is 0 Å². The third kappa shape index (κ3) is 5.18. The van der Waals surface area contributed by atoms with Crippen LogP contribution in [0.2, 0.25) is 0 Å². The molecule has 5 heteroatoms. The van der Waals surface area contributed by atoms with E-state index < -0.39 is 0 Å². The minimum atomic E-state index is 0.0342. The Balaban J connectivity index is 2.08. The van der Waals surface area contributed by atoms with Crippen molar-refractivity contribution in [3.8, 4) is 0 Å². The summed E-state index contributed by atoms with van der Waals surface area (Å²) in [5, 5.41) is 7.77. The van der Waals surface area contributed by atoms with Gasteiger partial charge < -0.3 is 5.32 Å². The van der Waals surface area contributed by atoms with Crippen LogP contribution in [0.3, 0.4) is 0 Å². The third-order valence-corrected chi connectivity index (χ3v) is 4.95. The van der Waals surface area contributed by atoms with Crippen molar-refractivity contribution < 1.29 is 4.79 Å². The van der Waals surface area contributed by atoms with Crippen LogP contribution in [0, 0.1) is 19.8 Å². The molecule has 0 aliphatic heterocycles. The van der Waals surface area contributed by atoms with E-state index in [1.54, 1.807) is 0 Å². The third-order valence-electron chi connectivity index (χ3n) is 4.42. The number of halogens is 1. The fourth-order valence-electron chi connectivity index (χ4n) is 3.04. The number of hydrogen-bond donors (Lipinski definition) is 1. The van der Waals surface area contributed by atoms with Crippen LogP contribution in [0.1, 0.15) is 55.7 Å². The standard InChI is InChI=1S/C20H28BrN3O/c1-6-19(16-7-9-17(21)10-8-16)22-20(25)11-18-14(4)23-24(15(18)5)12-13(2)3/h7-10,13,19H,6,11-12H2,1-5H3,(H,22,25). The molecule has 1 aromatic heterocycles. The molecule has 0 fully saturated rings. The fourth-order valence-corrected chi connectivity index (χ4v) is 3.30. The van der Waals surface area contributed by atoms with E-state index in [0.29, 0.717) is 12.3 Å². The monoisotopic (exact) mass is 405 g/mol. The van der Waals surface area contributed by atoms with Gasteiger partial charge in [-0.1, -0.05) is 48.8 Å². The SMILES string of the molecule is CCC(NC(=O)Cc1c(C)nn(CC(C)C)c1C)c1ccc(Br)cc1. The van der Waals surface area contributed by atoms with E-state index in [-0.39, 0.29) is 11.9 Å². The second-order valence-electron chi connectivity index (χ2n) is 6.98.